The van der Waals surface area contributed by atoms with Crippen molar-refractivity contribution in [2.24, 2.45) is 0 Å². The van der Waals surface area contributed by atoms with Crippen LogP contribution in [-0.2, 0) is 23.7 Å². The van der Waals surface area contributed by atoms with Gasteiger partial charge in [0.05, 0.1) is 11.1 Å². The van der Waals surface area contributed by atoms with Crippen molar-refractivity contribution in [2.45, 2.75) is 38.0 Å². The van der Waals surface area contributed by atoms with Gasteiger partial charge in [0.25, 0.3) is 0 Å². The van der Waals surface area contributed by atoms with E-state index in [4.69, 9.17) is 18.9 Å². The minimum Gasteiger partial charge on any atom is -0.459 e. The topological polar surface area (TPSA) is 88.1 Å². The maximum atomic E-state index is 15.5. The summed E-state index contributed by atoms with van der Waals surface area (Å²) in [4.78, 5) is 36.0. The van der Waals surface area contributed by atoms with Crippen LogP contribution in [0.4, 0.5) is 4.39 Å². The van der Waals surface area contributed by atoms with Gasteiger partial charge in [-0.15, -0.1) is 0 Å². The smallest absolute Gasteiger partial charge is 0.338 e. The fraction of sp³-hybridized carbons (Fsp3) is 0.318. The summed E-state index contributed by atoms with van der Waals surface area (Å²) in [6, 6.07) is 16.2. The number of alkyl halides is 1. The summed E-state index contributed by atoms with van der Waals surface area (Å²) in [7, 11) is 0. The van der Waals surface area contributed by atoms with Gasteiger partial charge in [0.2, 0.25) is 12.0 Å². The number of ether oxygens (including phenoxy) is 4. The Morgan fingerprint density at radius 1 is 0.933 bits per heavy atom. The molecule has 30 heavy (non-hydrogen) atoms. The highest BCUT2D eigenvalue weighted by molar-refractivity contribution is 5.90. The molecule has 1 fully saturated rings. The van der Waals surface area contributed by atoms with Crippen molar-refractivity contribution in [3.8, 4) is 0 Å². The molecule has 158 valence electrons. The Morgan fingerprint density at radius 3 is 2.00 bits per heavy atom. The lowest BCUT2D eigenvalue weighted by atomic mass is 9.99. The molecule has 1 aliphatic heterocycles. The van der Waals surface area contributed by atoms with Crippen molar-refractivity contribution in [3.63, 3.8) is 0 Å². The number of esters is 3. The van der Waals surface area contributed by atoms with Gasteiger partial charge in [-0.2, -0.15) is 0 Å². The van der Waals surface area contributed by atoms with Gasteiger partial charge in [-0.25, -0.2) is 14.0 Å². The third kappa shape index (κ3) is 4.83. The van der Waals surface area contributed by atoms with Gasteiger partial charge in [-0.1, -0.05) is 36.4 Å². The van der Waals surface area contributed by atoms with E-state index in [1.54, 1.807) is 48.5 Å². The third-order valence-corrected chi connectivity index (χ3v) is 4.56. The Morgan fingerprint density at radius 2 is 1.47 bits per heavy atom. The standard InChI is InChI=1S/C22H21FO7/c1-14(24)28-21-22(2,23)18(30-20(26)16-11-7-4-8-12-16)17(29-21)13-27-19(25)15-9-5-3-6-10-15/h3-12,17-18,21H,13H2,1-2H3/t17?,18-,21-,22-/m1/s1. The molecule has 0 aliphatic carbocycles. The Bertz CT molecular complexity index is 898. The molecule has 0 N–H and O–H groups in total. The highest BCUT2D eigenvalue weighted by Crippen LogP contribution is 2.38. The third-order valence-electron chi connectivity index (χ3n) is 4.56. The molecule has 1 unspecified atom stereocenters. The summed E-state index contributed by atoms with van der Waals surface area (Å²) in [5, 5.41) is 0. The first kappa shape index (κ1) is 21.4. The number of carbonyl (C=O) groups is 3. The van der Waals surface area contributed by atoms with Crippen LogP contribution in [0.25, 0.3) is 0 Å². The molecule has 7 nitrogen and oxygen atoms in total. The Labute approximate surface area is 172 Å². The number of rotatable bonds is 6. The molecular weight excluding hydrogens is 395 g/mol. The molecule has 3 rings (SSSR count). The van der Waals surface area contributed by atoms with Gasteiger partial charge in [0, 0.05) is 6.92 Å². The second-order valence-corrected chi connectivity index (χ2v) is 6.92. The zero-order valence-electron chi connectivity index (χ0n) is 16.4. The summed E-state index contributed by atoms with van der Waals surface area (Å²) in [5.41, 5.74) is -1.85. The molecule has 4 atom stereocenters. The van der Waals surface area contributed by atoms with Crippen molar-refractivity contribution >= 4 is 17.9 Å². The van der Waals surface area contributed by atoms with Crippen molar-refractivity contribution in [2.75, 3.05) is 6.61 Å². The number of halogens is 1. The SMILES string of the molecule is CC(=O)O[C@@H]1OC(COC(=O)c2ccccc2)[C@@H](OC(=O)c2ccccc2)[C@@]1(C)F. The van der Waals surface area contributed by atoms with E-state index in [1.165, 1.54) is 12.1 Å². The summed E-state index contributed by atoms with van der Waals surface area (Å²) >= 11 is 0. The van der Waals surface area contributed by atoms with E-state index in [-0.39, 0.29) is 5.56 Å². The van der Waals surface area contributed by atoms with E-state index in [2.05, 4.69) is 0 Å². The lowest BCUT2D eigenvalue weighted by molar-refractivity contribution is -0.193. The zero-order chi connectivity index (χ0) is 21.7. The van der Waals surface area contributed by atoms with Crippen LogP contribution in [0.15, 0.2) is 60.7 Å². The van der Waals surface area contributed by atoms with Gasteiger partial charge >= 0.3 is 17.9 Å². The average Bonchev–Trinajstić information content (AvgIpc) is 2.96. The van der Waals surface area contributed by atoms with Crippen molar-refractivity contribution < 1.29 is 37.7 Å². The molecule has 1 aliphatic rings. The van der Waals surface area contributed by atoms with Crippen LogP contribution in [0.1, 0.15) is 34.6 Å². The molecule has 0 saturated carbocycles. The number of benzene rings is 2. The van der Waals surface area contributed by atoms with Gasteiger partial charge in [0.1, 0.15) is 12.7 Å². The number of hydrogen-bond donors (Lipinski definition) is 0. The van der Waals surface area contributed by atoms with E-state index in [0.717, 1.165) is 13.8 Å². The predicted molar refractivity (Wildman–Crippen MR) is 102 cm³/mol. The van der Waals surface area contributed by atoms with Crippen molar-refractivity contribution in [1.29, 1.82) is 0 Å². The van der Waals surface area contributed by atoms with Gasteiger partial charge < -0.3 is 18.9 Å². The molecular formula is C22H21FO7. The van der Waals surface area contributed by atoms with Crippen LogP contribution < -0.4 is 0 Å². The Kier molecular flexibility index (Phi) is 6.47. The van der Waals surface area contributed by atoms with Crippen LogP contribution in [-0.4, -0.2) is 48.7 Å². The molecule has 2 aromatic carbocycles. The fourth-order valence-electron chi connectivity index (χ4n) is 3.05. The highest BCUT2D eigenvalue weighted by atomic mass is 19.1. The molecule has 0 radical (unpaired) electrons. The van der Waals surface area contributed by atoms with Crippen molar-refractivity contribution in [3.05, 3.63) is 71.8 Å². The monoisotopic (exact) mass is 416 g/mol. The number of carbonyl (C=O) groups excluding carboxylic acids is 3. The normalized spacial score (nSPS) is 25.4. The summed E-state index contributed by atoms with van der Waals surface area (Å²) in [5.74, 6) is -2.20. The predicted octanol–water partition coefficient (Wildman–Crippen LogP) is 3.09. The molecule has 0 aromatic heterocycles. The Balaban J connectivity index is 1.76. The highest BCUT2D eigenvalue weighted by Gasteiger charge is 2.59. The van der Waals surface area contributed by atoms with Crippen LogP contribution in [0, 0.1) is 0 Å². The lowest BCUT2D eigenvalue weighted by Crippen LogP contribution is -2.46. The summed E-state index contributed by atoms with van der Waals surface area (Å²) in [6.07, 6.45) is -4.27. The second kappa shape index (κ2) is 9.04. The van der Waals surface area contributed by atoms with E-state index in [1.807, 2.05) is 0 Å². The molecule has 0 amide bonds. The van der Waals surface area contributed by atoms with Gasteiger partial charge in [-0.05, 0) is 31.2 Å². The van der Waals surface area contributed by atoms with Crippen LogP contribution in [0.2, 0.25) is 0 Å². The Hall–Kier alpha value is -3.26. The maximum absolute atomic E-state index is 15.5. The molecule has 0 bridgehead atoms. The fourth-order valence-corrected chi connectivity index (χ4v) is 3.05. The first-order valence-electron chi connectivity index (χ1n) is 9.29. The summed E-state index contributed by atoms with van der Waals surface area (Å²) < 4.78 is 36.4. The molecule has 0 spiro atoms. The molecule has 1 heterocycles. The average molecular weight is 416 g/mol. The minimum atomic E-state index is -2.36. The maximum Gasteiger partial charge on any atom is 0.338 e. The summed E-state index contributed by atoms with van der Waals surface area (Å²) in [6.45, 7) is 1.80. The quantitative estimate of drug-likeness (QED) is 0.528. The molecule has 1 saturated heterocycles. The van der Waals surface area contributed by atoms with E-state index < -0.39 is 48.7 Å². The molecule has 2 aromatic rings. The zero-order valence-corrected chi connectivity index (χ0v) is 16.4. The first-order valence-corrected chi connectivity index (χ1v) is 9.29. The molecule has 8 heteroatoms. The minimum absolute atomic E-state index is 0.212. The van der Waals surface area contributed by atoms with Gasteiger partial charge in [0.15, 0.2) is 6.10 Å². The van der Waals surface area contributed by atoms with E-state index in [9.17, 15) is 14.4 Å². The van der Waals surface area contributed by atoms with Gasteiger partial charge in [-0.3, -0.25) is 4.79 Å². The number of hydrogen-bond acceptors (Lipinski definition) is 7. The van der Waals surface area contributed by atoms with Crippen LogP contribution in [0.3, 0.4) is 0 Å². The van der Waals surface area contributed by atoms with E-state index >= 15 is 4.39 Å². The largest absolute Gasteiger partial charge is 0.459 e. The lowest BCUT2D eigenvalue weighted by Gasteiger charge is -2.26. The van der Waals surface area contributed by atoms with Crippen molar-refractivity contribution in [1.82, 2.24) is 0 Å². The van der Waals surface area contributed by atoms with E-state index in [0.29, 0.717) is 5.56 Å². The van der Waals surface area contributed by atoms with Crippen LogP contribution in [0.5, 0.6) is 0 Å². The second-order valence-electron chi connectivity index (χ2n) is 6.92. The first-order chi connectivity index (χ1) is 14.3. The van der Waals surface area contributed by atoms with Crippen LogP contribution >= 0.6 is 0 Å².